The summed E-state index contributed by atoms with van der Waals surface area (Å²) >= 11 is 6.10. The van der Waals surface area contributed by atoms with Gasteiger partial charge < -0.3 is 15.2 Å². The fourth-order valence-corrected chi connectivity index (χ4v) is 2.16. The van der Waals surface area contributed by atoms with Crippen LogP contribution in [0.25, 0.3) is 0 Å². The lowest BCUT2D eigenvalue weighted by Gasteiger charge is -2.13. The summed E-state index contributed by atoms with van der Waals surface area (Å²) in [7, 11) is 0. The summed E-state index contributed by atoms with van der Waals surface area (Å²) in [5, 5.41) is 0.746. The Bertz CT molecular complexity index is 599. The van der Waals surface area contributed by atoms with Crippen LogP contribution in [0.3, 0.4) is 0 Å². The molecule has 3 nitrogen and oxygen atoms in total. The molecular weight excluding hydrogens is 274 g/mol. The van der Waals surface area contributed by atoms with Gasteiger partial charge in [-0.25, -0.2) is 0 Å². The minimum atomic E-state index is 0.502. The van der Waals surface area contributed by atoms with Gasteiger partial charge >= 0.3 is 0 Å². The second-order valence-electron chi connectivity index (χ2n) is 4.31. The Morgan fingerprint density at radius 3 is 2.55 bits per heavy atom. The Hall–Kier alpha value is -1.87. The maximum Gasteiger partial charge on any atom is 0.154 e. The van der Waals surface area contributed by atoms with Crippen molar-refractivity contribution in [2.75, 3.05) is 12.3 Å². The van der Waals surface area contributed by atoms with E-state index in [1.54, 1.807) is 0 Å². The van der Waals surface area contributed by atoms with Gasteiger partial charge in [0, 0.05) is 5.02 Å². The molecule has 0 aliphatic rings. The zero-order valence-electron chi connectivity index (χ0n) is 11.7. The first-order chi connectivity index (χ1) is 9.65. The van der Waals surface area contributed by atoms with Gasteiger partial charge in [-0.3, -0.25) is 0 Å². The standard InChI is InChI=1S/C16H18ClNO2/c1-3-11-10-12(8-9-13(11)17)20-15-7-5-6-14(16(15)18)19-4-2/h5-10H,3-4,18H2,1-2H3. The number of anilines is 1. The van der Waals surface area contributed by atoms with Gasteiger partial charge in [-0.1, -0.05) is 24.6 Å². The third-order valence-electron chi connectivity index (χ3n) is 2.95. The maximum atomic E-state index is 6.10. The van der Waals surface area contributed by atoms with Crippen molar-refractivity contribution in [1.29, 1.82) is 0 Å². The van der Waals surface area contributed by atoms with Gasteiger partial charge in [0.25, 0.3) is 0 Å². The molecule has 2 rings (SSSR count). The van der Waals surface area contributed by atoms with Gasteiger partial charge in [-0.2, -0.15) is 0 Å². The molecule has 0 aliphatic heterocycles. The molecule has 0 amide bonds. The predicted molar refractivity (Wildman–Crippen MR) is 82.9 cm³/mol. The summed E-state index contributed by atoms with van der Waals surface area (Å²) in [6.45, 7) is 4.53. The summed E-state index contributed by atoms with van der Waals surface area (Å²) in [6.07, 6.45) is 0.852. The lowest BCUT2D eigenvalue weighted by molar-refractivity contribution is 0.340. The van der Waals surface area contributed by atoms with Crippen LogP contribution in [-0.2, 0) is 6.42 Å². The topological polar surface area (TPSA) is 44.5 Å². The van der Waals surface area contributed by atoms with Gasteiger partial charge in [0.1, 0.15) is 17.2 Å². The molecule has 20 heavy (non-hydrogen) atoms. The summed E-state index contributed by atoms with van der Waals surface area (Å²) in [5.74, 6) is 1.93. The van der Waals surface area contributed by atoms with Crippen molar-refractivity contribution in [3.8, 4) is 17.2 Å². The van der Waals surface area contributed by atoms with Crippen LogP contribution in [-0.4, -0.2) is 6.61 Å². The lowest BCUT2D eigenvalue weighted by atomic mass is 10.1. The Morgan fingerprint density at radius 1 is 1.10 bits per heavy atom. The molecular formula is C16H18ClNO2. The van der Waals surface area contributed by atoms with E-state index in [4.69, 9.17) is 26.8 Å². The van der Waals surface area contributed by atoms with Crippen molar-refractivity contribution in [2.24, 2.45) is 0 Å². The van der Waals surface area contributed by atoms with Gasteiger partial charge in [-0.15, -0.1) is 0 Å². The monoisotopic (exact) mass is 291 g/mol. The number of nitrogen functional groups attached to an aromatic ring is 1. The van der Waals surface area contributed by atoms with Crippen molar-refractivity contribution in [2.45, 2.75) is 20.3 Å². The highest BCUT2D eigenvalue weighted by molar-refractivity contribution is 6.31. The molecule has 0 atom stereocenters. The summed E-state index contributed by atoms with van der Waals surface area (Å²) in [5.41, 5.74) is 7.59. The largest absolute Gasteiger partial charge is 0.492 e. The number of hydrogen-bond donors (Lipinski definition) is 1. The van der Waals surface area contributed by atoms with Crippen LogP contribution >= 0.6 is 11.6 Å². The molecule has 0 radical (unpaired) electrons. The number of nitrogens with two attached hydrogens (primary N) is 1. The van der Waals surface area contributed by atoms with Crippen LogP contribution in [0.2, 0.25) is 5.02 Å². The van der Waals surface area contributed by atoms with Crippen molar-refractivity contribution >= 4 is 17.3 Å². The first-order valence-electron chi connectivity index (χ1n) is 6.63. The highest BCUT2D eigenvalue weighted by atomic mass is 35.5. The molecule has 2 aromatic carbocycles. The smallest absolute Gasteiger partial charge is 0.154 e. The molecule has 0 bridgehead atoms. The maximum absolute atomic E-state index is 6.10. The van der Waals surface area contributed by atoms with E-state index in [1.165, 1.54) is 0 Å². The van der Waals surface area contributed by atoms with E-state index in [2.05, 4.69) is 6.92 Å². The number of ether oxygens (including phenoxy) is 2. The summed E-state index contributed by atoms with van der Waals surface area (Å²) in [4.78, 5) is 0. The number of benzene rings is 2. The van der Waals surface area contributed by atoms with E-state index in [9.17, 15) is 0 Å². The molecule has 0 unspecified atom stereocenters. The van der Waals surface area contributed by atoms with E-state index in [1.807, 2.05) is 43.3 Å². The molecule has 4 heteroatoms. The Labute approximate surface area is 124 Å². The normalized spacial score (nSPS) is 10.3. The van der Waals surface area contributed by atoms with Crippen LogP contribution in [0, 0.1) is 0 Å². The first kappa shape index (κ1) is 14.5. The van der Waals surface area contributed by atoms with Crippen molar-refractivity contribution in [1.82, 2.24) is 0 Å². The summed E-state index contributed by atoms with van der Waals surface area (Å²) in [6, 6.07) is 11.1. The Balaban J connectivity index is 2.28. The lowest BCUT2D eigenvalue weighted by Crippen LogP contribution is -1.99. The molecule has 0 spiro atoms. The third kappa shape index (κ3) is 3.17. The fourth-order valence-electron chi connectivity index (χ4n) is 1.91. The number of aryl methyl sites for hydroxylation is 1. The molecule has 2 aromatic rings. The van der Waals surface area contributed by atoms with Crippen molar-refractivity contribution in [3.63, 3.8) is 0 Å². The molecule has 0 heterocycles. The van der Waals surface area contributed by atoms with E-state index in [0.29, 0.717) is 29.5 Å². The third-order valence-corrected chi connectivity index (χ3v) is 3.32. The molecule has 0 saturated heterocycles. The minimum absolute atomic E-state index is 0.502. The number of halogens is 1. The van der Waals surface area contributed by atoms with Crippen LogP contribution in [0.4, 0.5) is 5.69 Å². The quantitative estimate of drug-likeness (QED) is 0.814. The van der Waals surface area contributed by atoms with Crippen LogP contribution in [0.1, 0.15) is 19.4 Å². The molecule has 0 aromatic heterocycles. The highest BCUT2D eigenvalue weighted by Crippen LogP contribution is 2.35. The Kier molecular flexibility index (Phi) is 4.74. The number of hydrogen-bond acceptors (Lipinski definition) is 3. The van der Waals surface area contributed by atoms with Crippen molar-refractivity contribution in [3.05, 3.63) is 47.0 Å². The average Bonchev–Trinajstić information content (AvgIpc) is 2.45. The minimum Gasteiger partial charge on any atom is -0.492 e. The van der Waals surface area contributed by atoms with E-state index < -0.39 is 0 Å². The fraction of sp³-hybridized carbons (Fsp3) is 0.250. The van der Waals surface area contributed by atoms with E-state index in [-0.39, 0.29) is 0 Å². The number of rotatable bonds is 5. The predicted octanol–water partition coefficient (Wildman–Crippen LogP) is 4.68. The van der Waals surface area contributed by atoms with Gasteiger partial charge in [-0.05, 0) is 49.2 Å². The van der Waals surface area contributed by atoms with Gasteiger partial charge in [0.15, 0.2) is 5.75 Å². The molecule has 0 aliphatic carbocycles. The number of para-hydroxylation sites is 1. The highest BCUT2D eigenvalue weighted by Gasteiger charge is 2.09. The molecule has 0 fully saturated rings. The second-order valence-corrected chi connectivity index (χ2v) is 4.72. The van der Waals surface area contributed by atoms with Crippen LogP contribution < -0.4 is 15.2 Å². The summed E-state index contributed by atoms with van der Waals surface area (Å²) < 4.78 is 11.3. The Morgan fingerprint density at radius 2 is 1.85 bits per heavy atom. The molecule has 0 saturated carbocycles. The van der Waals surface area contributed by atoms with E-state index in [0.717, 1.165) is 17.0 Å². The first-order valence-corrected chi connectivity index (χ1v) is 7.01. The zero-order valence-corrected chi connectivity index (χ0v) is 12.4. The van der Waals surface area contributed by atoms with Crippen molar-refractivity contribution < 1.29 is 9.47 Å². The molecule has 2 N–H and O–H groups in total. The van der Waals surface area contributed by atoms with E-state index >= 15 is 0 Å². The van der Waals surface area contributed by atoms with Crippen LogP contribution in [0.15, 0.2) is 36.4 Å². The van der Waals surface area contributed by atoms with Crippen LogP contribution in [0.5, 0.6) is 17.2 Å². The van der Waals surface area contributed by atoms with Gasteiger partial charge in [0.2, 0.25) is 0 Å². The molecule has 106 valence electrons. The van der Waals surface area contributed by atoms with Gasteiger partial charge in [0.05, 0.1) is 6.61 Å². The zero-order chi connectivity index (χ0) is 14.5. The SMILES string of the molecule is CCOc1cccc(Oc2ccc(Cl)c(CC)c2)c1N. The second kappa shape index (κ2) is 6.53. The average molecular weight is 292 g/mol.